The maximum absolute atomic E-state index is 13.8. The SMILES string of the molecule is CCOC(=O)N[C@@H]1CCCN(C(=O)c2ccc(Cl)cc2F)C1. The van der Waals surface area contributed by atoms with Crippen molar-refractivity contribution in [1.29, 1.82) is 0 Å². The van der Waals surface area contributed by atoms with E-state index in [0.717, 1.165) is 18.9 Å². The number of nitrogens with zero attached hydrogens (tertiary/aromatic N) is 1. The Morgan fingerprint density at radius 1 is 1.50 bits per heavy atom. The van der Waals surface area contributed by atoms with Crippen LogP contribution in [0.1, 0.15) is 30.1 Å². The molecule has 0 aliphatic carbocycles. The van der Waals surface area contributed by atoms with E-state index in [0.29, 0.717) is 13.1 Å². The Labute approximate surface area is 133 Å². The van der Waals surface area contributed by atoms with Crippen LogP contribution in [0, 0.1) is 5.82 Å². The summed E-state index contributed by atoms with van der Waals surface area (Å²) in [6.07, 6.45) is 0.989. The number of hydrogen-bond donors (Lipinski definition) is 1. The number of amides is 2. The van der Waals surface area contributed by atoms with Crippen LogP contribution in [0.25, 0.3) is 0 Å². The molecule has 7 heteroatoms. The van der Waals surface area contributed by atoms with Crippen LogP contribution in [0.4, 0.5) is 9.18 Å². The lowest BCUT2D eigenvalue weighted by atomic mass is 10.0. The highest BCUT2D eigenvalue weighted by Gasteiger charge is 2.27. The number of benzene rings is 1. The second-order valence-corrected chi connectivity index (χ2v) is 5.52. The molecule has 1 aromatic rings. The topological polar surface area (TPSA) is 58.6 Å². The number of piperidine rings is 1. The van der Waals surface area contributed by atoms with E-state index in [1.807, 2.05) is 0 Å². The fourth-order valence-electron chi connectivity index (χ4n) is 2.45. The third-order valence-electron chi connectivity index (χ3n) is 3.47. The Hall–Kier alpha value is -1.82. The lowest BCUT2D eigenvalue weighted by molar-refractivity contribution is 0.0681. The van der Waals surface area contributed by atoms with E-state index in [4.69, 9.17) is 16.3 Å². The van der Waals surface area contributed by atoms with Crippen LogP contribution in [-0.4, -0.2) is 42.6 Å². The molecule has 120 valence electrons. The maximum Gasteiger partial charge on any atom is 0.407 e. The Kier molecular flexibility index (Phi) is 5.60. The van der Waals surface area contributed by atoms with Crippen LogP contribution in [0.3, 0.4) is 0 Å². The zero-order valence-corrected chi connectivity index (χ0v) is 13.0. The van der Waals surface area contributed by atoms with Crippen molar-refractivity contribution >= 4 is 23.6 Å². The molecule has 1 N–H and O–H groups in total. The molecule has 0 aromatic heterocycles. The minimum Gasteiger partial charge on any atom is -0.450 e. The van der Waals surface area contributed by atoms with Crippen molar-refractivity contribution < 1.29 is 18.7 Å². The van der Waals surface area contributed by atoms with E-state index >= 15 is 0 Å². The van der Waals surface area contributed by atoms with Crippen LogP contribution < -0.4 is 5.32 Å². The summed E-state index contributed by atoms with van der Waals surface area (Å²) >= 11 is 5.69. The van der Waals surface area contributed by atoms with Gasteiger partial charge in [-0.25, -0.2) is 9.18 Å². The number of ether oxygens (including phenoxy) is 1. The van der Waals surface area contributed by atoms with Crippen LogP contribution >= 0.6 is 11.6 Å². The number of carbonyl (C=O) groups excluding carboxylic acids is 2. The van der Waals surface area contributed by atoms with Crippen molar-refractivity contribution in [2.24, 2.45) is 0 Å². The highest BCUT2D eigenvalue weighted by Crippen LogP contribution is 2.19. The summed E-state index contributed by atoms with van der Waals surface area (Å²) in [4.78, 5) is 25.4. The van der Waals surface area contributed by atoms with Gasteiger partial charge in [-0.1, -0.05) is 11.6 Å². The fourth-order valence-corrected chi connectivity index (χ4v) is 2.61. The van der Waals surface area contributed by atoms with Crippen LogP contribution in [0.5, 0.6) is 0 Å². The van der Waals surface area contributed by atoms with Crippen molar-refractivity contribution in [3.63, 3.8) is 0 Å². The minimum atomic E-state index is -0.641. The zero-order valence-electron chi connectivity index (χ0n) is 12.3. The molecule has 1 fully saturated rings. The number of hydrogen-bond acceptors (Lipinski definition) is 3. The predicted octanol–water partition coefficient (Wildman–Crippen LogP) is 2.83. The van der Waals surface area contributed by atoms with Gasteiger partial charge in [-0.2, -0.15) is 0 Å². The second-order valence-electron chi connectivity index (χ2n) is 5.08. The molecule has 2 amide bonds. The van der Waals surface area contributed by atoms with E-state index in [2.05, 4.69) is 5.32 Å². The third kappa shape index (κ3) is 4.10. The van der Waals surface area contributed by atoms with E-state index in [9.17, 15) is 14.0 Å². The molecule has 5 nitrogen and oxygen atoms in total. The first-order valence-corrected chi connectivity index (χ1v) is 7.56. The number of carbonyl (C=O) groups is 2. The monoisotopic (exact) mass is 328 g/mol. The summed E-state index contributed by atoms with van der Waals surface area (Å²) in [6, 6.07) is 3.79. The first-order chi connectivity index (χ1) is 10.5. The summed E-state index contributed by atoms with van der Waals surface area (Å²) < 4.78 is 18.7. The van der Waals surface area contributed by atoms with Crippen LogP contribution in [-0.2, 0) is 4.74 Å². The van der Waals surface area contributed by atoms with Crippen molar-refractivity contribution in [2.45, 2.75) is 25.8 Å². The van der Waals surface area contributed by atoms with Gasteiger partial charge in [0.25, 0.3) is 5.91 Å². The molecule has 22 heavy (non-hydrogen) atoms. The molecule has 0 spiro atoms. The van der Waals surface area contributed by atoms with Gasteiger partial charge in [0.15, 0.2) is 0 Å². The number of halogens is 2. The van der Waals surface area contributed by atoms with E-state index < -0.39 is 17.8 Å². The summed E-state index contributed by atoms with van der Waals surface area (Å²) in [5.74, 6) is -1.04. The molecule has 1 aliphatic rings. The molecule has 2 rings (SSSR count). The number of alkyl carbamates (subject to hydrolysis) is 1. The van der Waals surface area contributed by atoms with Gasteiger partial charge in [-0.15, -0.1) is 0 Å². The average molecular weight is 329 g/mol. The van der Waals surface area contributed by atoms with Gasteiger partial charge in [0.1, 0.15) is 5.82 Å². The third-order valence-corrected chi connectivity index (χ3v) is 3.70. The Bertz CT molecular complexity index is 568. The molecule has 1 aromatic carbocycles. The standard InChI is InChI=1S/C15H18ClFN2O3/c1-2-22-15(21)18-11-4-3-7-19(9-11)14(20)12-6-5-10(16)8-13(12)17/h5-6,8,11H,2-4,7,9H2,1H3,(H,18,21)/t11-/m1/s1. The maximum atomic E-state index is 13.8. The largest absolute Gasteiger partial charge is 0.450 e. The lowest BCUT2D eigenvalue weighted by Gasteiger charge is -2.33. The molecule has 0 saturated carbocycles. The van der Waals surface area contributed by atoms with Gasteiger partial charge in [0.2, 0.25) is 0 Å². The highest BCUT2D eigenvalue weighted by atomic mass is 35.5. The summed E-state index contributed by atoms with van der Waals surface area (Å²) in [6.45, 7) is 2.87. The van der Waals surface area contributed by atoms with Gasteiger partial charge in [-0.3, -0.25) is 4.79 Å². The van der Waals surface area contributed by atoms with Gasteiger partial charge in [-0.05, 0) is 38.0 Å². The van der Waals surface area contributed by atoms with Gasteiger partial charge < -0.3 is 15.0 Å². The van der Waals surface area contributed by atoms with E-state index in [1.54, 1.807) is 6.92 Å². The van der Waals surface area contributed by atoms with Crippen LogP contribution in [0.2, 0.25) is 5.02 Å². The van der Waals surface area contributed by atoms with E-state index in [1.165, 1.54) is 17.0 Å². The van der Waals surface area contributed by atoms with Crippen molar-refractivity contribution in [1.82, 2.24) is 10.2 Å². The molecule has 0 unspecified atom stereocenters. The van der Waals surface area contributed by atoms with Gasteiger partial charge in [0, 0.05) is 24.2 Å². The summed E-state index contributed by atoms with van der Waals surface area (Å²) in [5, 5.41) is 2.95. The minimum absolute atomic E-state index is 0.0128. The Morgan fingerprint density at radius 2 is 2.27 bits per heavy atom. The molecule has 0 radical (unpaired) electrons. The van der Waals surface area contributed by atoms with Crippen molar-refractivity contribution in [2.75, 3.05) is 19.7 Å². The molecular formula is C15H18ClFN2O3. The van der Waals surface area contributed by atoms with Crippen molar-refractivity contribution in [3.05, 3.63) is 34.6 Å². The highest BCUT2D eigenvalue weighted by molar-refractivity contribution is 6.30. The second kappa shape index (κ2) is 7.45. The number of nitrogens with one attached hydrogen (secondary N) is 1. The Morgan fingerprint density at radius 3 is 2.95 bits per heavy atom. The molecule has 0 bridgehead atoms. The first kappa shape index (κ1) is 16.5. The fraction of sp³-hybridized carbons (Fsp3) is 0.467. The zero-order chi connectivity index (χ0) is 16.1. The number of rotatable bonds is 3. The van der Waals surface area contributed by atoms with Gasteiger partial charge in [0.05, 0.1) is 12.2 Å². The molecule has 1 atom stereocenters. The molecular weight excluding hydrogens is 311 g/mol. The average Bonchev–Trinajstić information content (AvgIpc) is 2.47. The predicted molar refractivity (Wildman–Crippen MR) is 80.5 cm³/mol. The smallest absolute Gasteiger partial charge is 0.407 e. The molecule has 1 heterocycles. The lowest BCUT2D eigenvalue weighted by Crippen LogP contribution is -2.49. The van der Waals surface area contributed by atoms with Crippen LogP contribution in [0.15, 0.2) is 18.2 Å². The molecule has 1 aliphatic heterocycles. The Balaban J connectivity index is 2.02. The van der Waals surface area contributed by atoms with E-state index in [-0.39, 0.29) is 23.2 Å². The van der Waals surface area contributed by atoms with Crippen molar-refractivity contribution in [3.8, 4) is 0 Å². The summed E-state index contributed by atoms with van der Waals surface area (Å²) in [5.41, 5.74) is -0.0128. The normalized spacial score (nSPS) is 18.0. The molecule has 1 saturated heterocycles. The first-order valence-electron chi connectivity index (χ1n) is 7.19. The quantitative estimate of drug-likeness (QED) is 0.928. The number of likely N-dealkylation sites (tertiary alicyclic amines) is 1. The van der Waals surface area contributed by atoms with Gasteiger partial charge >= 0.3 is 6.09 Å². The summed E-state index contributed by atoms with van der Waals surface area (Å²) in [7, 11) is 0.